The first-order valence-electron chi connectivity index (χ1n) is 4.74. The van der Waals surface area contributed by atoms with E-state index in [0.717, 1.165) is 0 Å². The Morgan fingerprint density at radius 2 is 2.18 bits per heavy atom. The van der Waals surface area contributed by atoms with Crippen LogP contribution in [0.3, 0.4) is 0 Å². The van der Waals surface area contributed by atoms with Crippen molar-refractivity contribution in [2.75, 3.05) is 4.72 Å². The maximum atomic E-state index is 12.0. The number of aliphatic hydroxyl groups excluding tert-OH is 1. The van der Waals surface area contributed by atoms with E-state index in [9.17, 15) is 8.42 Å². The van der Waals surface area contributed by atoms with Gasteiger partial charge in [0, 0.05) is 6.20 Å². The standard InChI is InChI=1S/C10H10N2O3S2/c13-7-8-9(4-6-16-8)17(14,15)12-10-3-1-2-5-11-10/h1-6,13H,7H2,(H,11,12). The number of rotatable bonds is 4. The zero-order valence-electron chi connectivity index (χ0n) is 8.70. The second kappa shape index (κ2) is 4.82. The van der Waals surface area contributed by atoms with Crippen LogP contribution in [0.5, 0.6) is 0 Å². The summed E-state index contributed by atoms with van der Waals surface area (Å²) in [6.07, 6.45) is 1.50. The Kier molecular flexibility index (Phi) is 3.41. The molecule has 2 aromatic heterocycles. The number of pyridine rings is 1. The molecule has 0 atom stereocenters. The number of aromatic nitrogens is 1. The van der Waals surface area contributed by atoms with Gasteiger partial charge >= 0.3 is 0 Å². The van der Waals surface area contributed by atoms with Crippen molar-refractivity contribution in [2.45, 2.75) is 11.5 Å². The van der Waals surface area contributed by atoms with Gasteiger partial charge in [-0.05, 0) is 23.6 Å². The minimum Gasteiger partial charge on any atom is -0.391 e. The van der Waals surface area contributed by atoms with Crippen molar-refractivity contribution in [1.82, 2.24) is 4.98 Å². The van der Waals surface area contributed by atoms with Crippen LogP contribution in [-0.4, -0.2) is 18.5 Å². The summed E-state index contributed by atoms with van der Waals surface area (Å²) in [5, 5.41) is 10.7. The molecule has 2 rings (SSSR count). The number of hydrogen-bond acceptors (Lipinski definition) is 5. The van der Waals surface area contributed by atoms with E-state index >= 15 is 0 Å². The highest BCUT2D eigenvalue weighted by molar-refractivity contribution is 7.92. The van der Waals surface area contributed by atoms with Crippen LogP contribution >= 0.6 is 11.3 Å². The van der Waals surface area contributed by atoms with Crippen LogP contribution in [0.1, 0.15) is 4.88 Å². The zero-order chi connectivity index (χ0) is 12.3. The lowest BCUT2D eigenvalue weighted by Gasteiger charge is -2.06. The largest absolute Gasteiger partial charge is 0.391 e. The molecule has 0 aliphatic heterocycles. The molecule has 0 aromatic carbocycles. The van der Waals surface area contributed by atoms with Crippen molar-refractivity contribution in [1.29, 1.82) is 0 Å². The molecule has 0 aliphatic carbocycles. The molecule has 0 spiro atoms. The molecule has 7 heteroatoms. The number of anilines is 1. The van der Waals surface area contributed by atoms with Gasteiger partial charge in [0.25, 0.3) is 10.0 Å². The van der Waals surface area contributed by atoms with E-state index in [0.29, 0.717) is 4.88 Å². The molecule has 17 heavy (non-hydrogen) atoms. The number of sulfonamides is 1. The summed E-state index contributed by atoms with van der Waals surface area (Å²) >= 11 is 1.20. The molecular formula is C10H10N2O3S2. The van der Waals surface area contributed by atoms with Gasteiger partial charge < -0.3 is 5.11 Å². The fraction of sp³-hybridized carbons (Fsp3) is 0.100. The average molecular weight is 270 g/mol. The first kappa shape index (κ1) is 12.0. The Balaban J connectivity index is 2.32. The summed E-state index contributed by atoms with van der Waals surface area (Å²) in [7, 11) is -3.67. The van der Waals surface area contributed by atoms with Gasteiger partial charge in [0.15, 0.2) is 0 Å². The third-order valence-electron chi connectivity index (χ3n) is 2.04. The molecule has 0 bridgehead atoms. The Hall–Kier alpha value is -1.44. The molecule has 0 saturated heterocycles. The summed E-state index contributed by atoms with van der Waals surface area (Å²) in [6.45, 7) is -0.296. The minimum absolute atomic E-state index is 0.0932. The topological polar surface area (TPSA) is 79.3 Å². The maximum absolute atomic E-state index is 12.0. The summed E-state index contributed by atoms with van der Waals surface area (Å²) in [5.74, 6) is 0.252. The van der Waals surface area contributed by atoms with Crippen LogP contribution in [0.25, 0.3) is 0 Å². The van der Waals surface area contributed by atoms with Crippen molar-refractivity contribution >= 4 is 27.2 Å². The quantitative estimate of drug-likeness (QED) is 0.881. The molecule has 90 valence electrons. The fourth-order valence-corrected chi connectivity index (χ4v) is 3.60. The van der Waals surface area contributed by atoms with Gasteiger partial charge in [0.05, 0.1) is 11.5 Å². The van der Waals surface area contributed by atoms with Gasteiger partial charge in [-0.15, -0.1) is 11.3 Å². The molecular weight excluding hydrogens is 260 g/mol. The molecule has 0 saturated carbocycles. The summed E-state index contributed by atoms with van der Waals surface area (Å²) < 4.78 is 26.3. The highest BCUT2D eigenvalue weighted by Gasteiger charge is 2.19. The minimum atomic E-state index is -3.67. The number of nitrogens with one attached hydrogen (secondary N) is 1. The van der Waals surface area contributed by atoms with Crippen LogP contribution in [0, 0.1) is 0 Å². The van der Waals surface area contributed by atoms with Gasteiger partial charge in [-0.25, -0.2) is 13.4 Å². The lowest BCUT2D eigenvalue weighted by Crippen LogP contribution is -2.14. The fourth-order valence-electron chi connectivity index (χ4n) is 1.30. The molecule has 2 aromatic rings. The molecule has 0 unspecified atom stereocenters. The van der Waals surface area contributed by atoms with Crippen LogP contribution in [0.4, 0.5) is 5.82 Å². The lowest BCUT2D eigenvalue weighted by molar-refractivity contribution is 0.282. The highest BCUT2D eigenvalue weighted by Crippen LogP contribution is 2.23. The van der Waals surface area contributed by atoms with Crippen molar-refractivity contribution in [3.8, 4) is 0 Å². The van der Waals surface area contributed by atoms with Crippen molar-refractivity contribution in [3.05, 3.63) is 40.7 Å². The Morgan fingerprint density at radius 1 is 1.35 bits per heavy atom. The molecule has 0 fully saturated rings. The van der Waals surface area contributed by atoms with Crippen molar-refractivity contribution in [2.24, 2.45) is 0 Å². The molecule has 0 radical (unpaired) electrons. The van der Waals surface area contributed by atoms with E-state index in [4.69, 9.17) is 5.11 Å². The van der Waals surface area contributed by atoms with Crippen LogP contribution in [-0.2, 0) is 16.6 Å². The number of thiophene rings is 1. The number of nitrogens with zero attached hydrogens (tertiary/aromatic N) is 1. The molecule has 2 heterocycles. The van der Waals surface area contributed by atoms with Crippen LogP contribution in [0.15, 0.2) is 40.7 Å². The average Bonchev–Trinajstić information content (AvgIpc) is 2.78. The summed E-state index contributed by atoms with van der Waals surface area (Å²) in [6, 6.07) is 6.40. The Bertz CT molecular complexity index is 593. The van der Waals surface area contributed by atoms with E-state index in [1.54, 1.807) is 23.6 Å². The SMILES string of the molecule is O=S(=O)(Nc1ccccn1)c1ccsc1CO. The van der Waals surface area contributed by atoms with E-state index in [1.807, 2.05) is 0 Å². The van der Waals surface area contributed by atoms with Gasteiger partial charge in [-0.1, -0.05) is 6.07 Å². The van der Waals surface area contributed by atoms with Gasteiger partial charge in [-0.3, -0.25) is 4.72 Å². The van der Waals surface area contributed by atoms with Crippen LogP contribution in [0.2, 0.25) is 0 Å². The zero-order valence-corrected chi connectivity index (χ0v) is 10.3. The molecule has 2 N–H and O–H groups in total. The highest BCUT2D eigenvalue weighted by atomic mass is 32.2. The van der Waals surface area contributed by atoms with E-state index in [1.165, 1.54) is 23.6 Å². The predicted octanol–water partition coefficient (Wildman–Crippen LogP) is 1.44. The second-order valence-electron chi connectivity index (χ2n) is 3.19. The monoisotopic (exact) mass is 270 g/mol. The number of hydrogen-bond donors (Lipinski definition) is 2. The maximum Gasteiger partial charge on any atom is 0.264 e. The first-order chi connectivity index (χ1) is 8.13. The van der Waals surface area contributed by atoms with Gasteiger partial charge in [0.2, 0.25) is 0 Å². The summed E-state index contributed by atoms with van der Waals surface area (Å²) in [5.41, 5.74) is 0. The van der Waals surface area contributed by atoms with E-state index < -0.39 is 10.0 Å². The second-order valence-corrected chi connectivity index (χ2v) is 5.84. The lowest BCUT2D eigenvalue weighted by atomic mass is 10.5. The van der Waals surface area contributed by atoms with Crippen molar-refractivity contribution in [3.63, 3.8) is 0 Å². The van der Waals surface area contributed by atoms with Crippen molar-refractivity contribution < 1.29 is 13.5 Å². The van der Waals surface area contributed by atoms with Gasteiger partial charge in [-0.2, -0.15) is 0 Å². The third-order valence-corrected chi connectivity index (χ3v) is 4.52. The normalized spacial score (nSPS) is 11.4. The molecule has 0 aliphatic rings. The smallest absolute Gasteiger partial charge is 0.264 e. The Labute approximate surface area is 103 Å². The van der Waals surface area contributed by atoms with Crippen LogP contribution < -0.4 is 4.72 Å². The first-order valence-corrected chi connectivity index (χ1v) is 7.11. The van der Waals surface area contributed by atoms with E-state index in [-0.39, 0.29) is 17.3 Å². The third kappa shape index (κ3) is 2.63. The molecule has 5 nitrogen and oxygen atoms in total. The number of aliphatic hydroxyl groups is 1. The predicted molar refractivity (Wildman–Crippen MR) is 65.3 cm³/mol. The van der Waals surface area contributed by atoms with Gasteiger partial charge in [0.1, 0.15) is 10.7 Å². The molecule has 0 amide bonds. The van der Waals surface area contributed by atoms with E-state index in [2.05, 4.69) is 9.71 Å². The Morgan fingerprint density at radius 3 is 2.82 bits per heavy atom. The summed E-state index contributed by atoms with van der Waals surface area (Å²) in [4.78, 5) is 4.38.